The Morgan fingerprint density at radius 2 is 1.86 bits per heavy atom. The van der Waals surface area contributed by atoms with Gasteiger partial charge in [-0.25, -0.2) is 0 Å². The third-order valence-corrected chi connectivity index (χ3v) is 5.54. The molecule has 0 radical (unpaired) electrons. The molecule has 2 aromatic heterocycles. The molecule has 0 amide bonds. The average molecular weight is 384 g/mol. The molecule has 0 spiro atoms. The van der Waals surface area contributed by atoms with Gasteiger partial charge < -0.3 is 14.8 Å². The maximum Gasteiger partial charge on any atom is 0.223 e. The molecular weight excluding hydrogens is 364 g/mol. The Labute approximate surface area is 167 Å². The van der Waals surface area contributed by atoms with Crippen molar-refractivity contribution in [3.8, 4) is 22.6 Å². The van der Waals surface area contributed by atoms with E-state index in [9.17, 15) is 15.0 Å². The van der Waals surface area contributed by atoms with E-state index in [2.05, 4.69) is 11.1 Å². The molecule has 0 saturated heterocycles. The van der Waals surface area contributed by atoms with Crippen molar-refractivity contribution in [1.29, 1.82) is 0 Å². The predicted octanol–water partition coefficient (Wildman–Crippen LogP) is 4.20. The standard InChI is InChI=1S/C24H20N2O3/c27-22-11-21(24(29)15-8-9-15)26(14-23(22)28)18-6-3-5-16(10-18)20-13-25-12-17-4-1-2-7-19(17)20/h1-7,10-15,24,28-29H,8-9H2. The molecule has 5 nitrogen and oxygen atoms in total. The van der Waals surface area contributed by atoms with Crippen molar-refractivity contribution in [2.75, 3.05) is 0 Å². The van der Waals surface area contributed by atoms with Crippen molar-refractivity contribution < 1.29 is 10.2 Å². The minimum atomic E-state index is -0.730. The highest BCUT2D eigenvalue weighted by atomic mass is 16.3. The summed E-state index contributed by atoms with van der Waals surface area (Å²) in [6.07, 6.45) is 6.22. The van der Waals surface area contributed by atoms with Gasteiger partial charge in [0, 0.05) is 35.1 Å². The predicted molar refractivity (Wildman–Crippen MR) is 112 cm³/mol. The van der Waals surface area contributed by atoms with Crippen molar-refractivity contribution in [3.05, 3.63) is 89.1 Å². The van der Waals surface area contributed by atoms with Crippen LogP contribution in [0.25, 0.3) is 27.6 Å². The van der Waals surface area contributed by atoms with Crippen LogP contribution < -0.4 is 5.43 Å². The molecule has 2 heterocycles. The van der Waals surface area contributed by atoms with Crippen molar-refractivity contribution in [2.45, 2.75) is 18.9 Å². The smallest absolute Gasteiger partial charge is 0.223 e. The number of aromatic hydroxyl groups is 1. The number of nitrogens with zero attached hydrogens (tertiary/aromatic N) is 2. The maximum absolute atomic E-state index is 12.0. The van der Waals surface area contributed by atoms with E-state index < -0.39 is 11.5 Å². The Kier molecular flexibility index (Phi) is 4.18. The first-order valence-corrected chi connectivity index (χ1v) is 9.69. The first-order valence-electron chi connectivity index (χ1n) is 9.69. The van der Waals surface area contributed by atoms with Gasteiger partial charge in [0.25, 0.3) is 0 Å². The summed E-state index contributed by atoms with van der Waals surface area (Å²) in [7, 11) is 0. The van der Waals surface area contributed by atoms with Gasteiger partial charge in [-0.2, -0.15) is 0 Å². The molecule has 1 atom stereocenters. The van der Waals surface area contributed by atoms with Crippen molar-refractivity contribution in [1.82, 2.24) is 9.55 Å². The van der Waals surface area contributed by atoms with E-state index in [1.165, 1.54) is 12.3 Å². The van der Waals surface area contributed by atoms with Crippen LogP contribution in [-0.2, 0) is 0 Å². The third-order valence-electron chi connectivity index (χ3n) is 5.54. The van der Waals surface area contributed by atoms with Gasteiger partial charge in [-0.3, -0.25) is 9.78 Å². The summed E-state index contributed by atoms with van der Waals surface area (Å²) in [5.74, 6) is -0.176. The summed E-state index contributed by atoms with van der Waals surface area (Å²) in [6, 6.07) is 17.2. The molecule has 1 unspecified atom stereocenters. The number of hydrogen-bond donors (Lipinski definition) is 2. The monoisotopic (exact) mass is 384 g/mol. The fourth-order valence-electron chi connectivity index (χ4n) is 3.81. The molecule has 0 bridgehead atoms. The molecular formula is C24H20N2O3. The van der Waals surface area contributed by atoms with Crippen LogP contribution in [-0.4, -0.2) is 19.8 Å². The molecule has 5 rings (SSSR count). The molecule has 5 heteroatoms. The molecule has 29 heavy (non-hydrogen) atoms. The lowest BCUT2D eigenvalue weighted by Gasteiger charge is -2.19. The SMILES string of the molecule is O=c1cc(C(O)C2CC2)n(-c2cccc(-c3cncc4ccccc34)c2)cc1O. The molecule has 1 aliphatic carbocycles. The summed E-state index contributed by atoms with van der Waals surface area (Å²) in [4.78, 5) is 16.4. The van der Waals surface area contributed by atoms with Gasteiger partial charge in [-0.1, -0.05) is 36.4 Å². The molecule has 1 fully saturated rings. The van der Waals surface area contributed by atoms with E-state index >= 15 is 0 Å². The second-order valence-electron chi connectivity index (χ2n) is 7.56. The zero-order valence-electron chi connectivity index (χ0n) is 15.7. The normalized spacial score (nSPS) is 14.8. The van der Waals surface area contributed by atoms with E-state index in [1.807, 2.05) is 54.9 Å². The Morgan fingerprint density at radius 1 is 1.03 bits per heavy atom. The molecule has 2 N–H and O–H groups in total. The van der Waals surface area contributed by atoms with E-state index in [1.54, 1.807) is 4.57 Å². The van der Waals surface area contributed by atoms with Crippen molar-refractivity contribution in [2.24, 2.45) is 5.92 Å². The minimum Gasteiger partial charge on any atom is -0.503 e. The topological polar surface area (TPSA) is 75.3 Å². The molecule has 2 aromatic carbocycles. The number of hydrogen-bond acceptors (Lipinski definition) is 4. The van der Waals surface area contributed by atoms with Crippen LogP contribution in [0, 0.1) is 5.92 Å². The molecule has 1 saturated carbocycles. The lowest BCUT2D eigenvalue weighted by molar-refractivity contribution is 0.146. The van der Waals surface area contributed by atoms with Crippen molar-refractivity contribution in [3.63, 3.8) is 0 Å². The van der Waals surface area contributed by atoms with Gasteiger partial charge >= 0.3 is 0 Å². The van der Waals surface area contributed by atoms with Crippen LogP contribution in [0.1, 0.15) is 24.6 Å². The lowest BCUT2D eigenvalue weighted by atomic mass is 10.0. The Balaban J connectivity index is 1.67. The van der Waals surface area contributed by atoms with E-state index in [0.717, 1.165) is 40.4 Å². The Bertz CT molecular complexity index is 1270. The highest BCUT2D eigenvalue weighted by molar-refractivity contribution is 5.95. The third kappa shape index (κ3) is 3.19. The first-order chi connectivity index (χ1) is 14.1. The fraction of sp³-hybridized carbons (Fsp3) is 0.167. The van der Waals surface area contributed by atoms with Crippen LogP contribution in [0.5, 0.6) is 5.75 Å². The number of pyridine rings is 2. The van der Waals surface area contributed by atoms with Crippen molar-refractivity contribution >= 4 is 10.8 Å². The van der Waals surface area contributed by atoms with Crippen LogP contribution in [0.4, 0.5) is 0 Å². The largest absolute Gasteiger partial charge is 0.503 e. The number of rotatable bonds is 4. The van der Waals surface area contributed by atoms with Crippen LogP contribution >= 0.6 is 0 Å². The maximum atomic E-state index is 12.0. The van der Waals surface area contributed by atoms with Crippen LogP contribution in [0.3, 0.4) is 0 Å². The first kappa shape index (κ1) is 17.6. The number of aliphatic hydroxyl groups excluding tert-OH is 1. The highest BCUT2D eigenvalue weighted by Gasteiger charge is 2.33. The number of aromatic nitrogens is 2. The average Bonchev–Trinajstić information content (AvgIpc) is 3.60. The minimum absolute atomic E-state index is 0.163. The molecule has 4 aromatic rings. The van der Waals surface area contributed by atoms with E-state index in [0.29, 0.717) is 5.69 Å². The molecule has 0 aliphatic heterocycles. The van der Waals surface area contributed by atoms with Gasteiger partial charge in [0.05, 0.1) is 18.0 Å². The van der Waals surface area contributed by atoms with Gasteiger partial charge in [0.1, 0.15) is 0 Å². The van der Waals surface area contributed by atoms with Crippen LogP contribution in [0.15, 0.2) is 78.0 Å². The van der Waals surface area contributed by atoms with Gasteiger partial charge in [-0.05, 0) is 41.8 Å². The van der Waals surface area contributed by atoms with E-state index in [-0.39, 0.29) is 11.7 Å². The number of fused-ring (bicyclic) bond motifs is 1. The second kappa shape index (κ2) is 6.87. The van der Waals surface area contributed by atoms with Gasteiger partial charge in [0.2, 0.25) is 5.43 Å². The zero-order chi connectivity index (χ0) is 20.0. The lowest BCUT2D eigenvalue weighted by Crippen LogP contribution is -2.15. The quantitative estimate of drug-likeness (QED) is 0.553. The summed E-state index contributed by atoms with van der Waals surface area (Å²) in [6.45, 7) is 0. The summed E-state index contributed by atoms with van der Waals surface area (Å²) in [5.41, 5.74) is 2.76. The van der Waals surface area contributed by atoms with E-state index in [4.69, 9.17) is 0 Å². The Morgan fingerprint density at radius 3 is 2.69 bits per heavy atom. The summed E-state index contributed by atoms with van der Waals surface area (Å²) >= 11 is 0. The summed E-state index contributed by atoms with van der Waals surface area (Å²) < 4.78 is 1.71. The number of benzene rings is 2. The van der Waals surface area contributed by atoms with Crippen LogP contribution in [0.2, 0.25) is 0 Å². The molecule has 1 aliphatic rings. The fourth-order valence-corrected chi connectivity index (χ4v) is 3.81. The zero-order valence-corrected chi connectivity index (χ0v) is 15.7. The second-order valence-corrected chi connectivity index (χ2v) is 7.56. The van der Waals surface area contributed by atoms with Gasteiger partial charge in [-0.15, -0.1) is 0 Å². The Hall–Kier alpha value is -3.44. The van der Waals surface area contributed by atoms with Gasteiger partial charge in [0.15, 0.2) is 5.75 Å². The molecule has 144 valence electrons. The highest BCUT2D eigenvalue weighted by Crippen LogP contribution is 2.41. The number of aliphatic hydroxyl groups is 1. The summed E-state index contributed by atoms with van der Waals surface area (Å²) in [5, 5.41) is 22.9.